The molecule has 0 aromatic heterocycles. The van der Waals surface area contributed by atoms with Crippen LogP contribution in [0.5, 0.6) is 5.75 Å². The molecule has 0 radical (unpaired) electrons. The van der Waals surface area contributed by atoms with E-state index < -0.39 is 0 Å². The van der Waals surface area contributed by atoms with E-state index in [0.29, 0.717) is 11.8 Å². The predicted molar refractivity (Wildman–Crippen MR) is 86.3 cm³/mol. The first-order chi connectivity index (χ1) is 10.2. The lowest BCUT2D eigenvalue weighted by Gasteiger charge is -2.24. The molecule has 0 aliphatic heterocycles. The quantitative estimate of drug-likeness (QED) is 0.829. The molecule has 110 valence electrons. The second-order valence-electron chi connectivity index (χ2n) is 6.18. The van der Waals surface area contributed by atoms with Crippen molar-refractivity contribution in [1.82, 2.24) is 5.32 Å². The maximum atomic E-state index is 9.50. The minimum absolute atomic E-state index is 0.181. The average molecular weight is 281 g/mol. The van der Waals surface area contributed by atoms with Crippen LogP contribution in [0.15, 0.2) is 54.6 Å². The highest BCUT2D eigenvalue weighted by molar-refractivity contribution is 5.35. The number of hydrogen-bond acceptors (Lipinski definition) is 2. The highest BCUT2D eigenvalue weighted by Gasteiger charge is 2.25. The van der Waals surface area contributed by atoms with Crippen LogP contribution in [0.3, 0.4) is 0 Å². The van der Waals surface area contributed by atoms with Crippen molar-refractivity contribution in [3.63, 3.8) is 0 Å². The number of aromatic hydroxyl groups is 1. The summed E-state index contributed by atoms with van der Waals surface area (Å²) in [5, 5.41) is 13.3. The van der Waals surface area contributed by atoms with Crippen molar-refractivity contribution >= 4 is 0 Å². The summed E-state index contributed by atoms with van der Waals surface area (Å²) in [4.78, 5) is 0. The molecule has 0 spiro atoms. The fraction of sp³-hybridized carbons (Fsp3) is 0.368. The SMILES string of the molecule is CC(CC1CC1)NC(c1ccccc1)c1ccc(O)cc1. The van der Waals surface area contributed by atoms with Crippen molar-refractivity contribution in [2.24, 2.45) is 5.92 Å². The van der Waals surface area contributed by atoms with E-state index in [2.05, 4.69) is 36.5 Å². The molecule has 1 fully saturated rings. The molecule has 2 atom stereocenters. The van der Waals surface area contributed by atoms with Gasteiger partial charge in [0.25, 0.3) is 0 Å². The number of phenolic OH excluding ortho intramolecular Hbond substituents is 1. The zero-order valence-corrected chi connectivity index (χ0v) is 12.5. The Morgan fingerprint density at radius 3 is 2.24 bits per heavy atom. The molecule has 2 heteroatoms. The summed E-state index contributed by atoms with van der Waals surface area (Å²) in [5.74, 6) is 1.24. The van der Waals surface area contributed by atoms with Gasteiger partial charge in [0.1, 0.15) is 5.75 Å². The van der Waals surface area contributed by atoms with Crippen LogP contribution in [0.2, 0.25) is 0 Å². The molecule has 1 aliphatic carbocycles. The number of hydrogen-bond donors (Lipinski definition) is 2. The summed E-state index contributed by atoms with van der Waals surface area (Å²) in [7, 11) is 0. The Hall–Kier alpha value is -1.80. The maximum absolute atomic E-state index is 9.50. The van der Waals surface area contributed by atoms with Crippen LogP contribution in [0, 0.1) is 5.92 Å². The first kappa shape index (κ1) is 14.2. The fourth-order valence-corrected chi connectivity index (χ4v) is 2.90. The summed E-state index contributed by atoms with van der Waals surface area (Å²) >= 11 is 0. The van der Waals surface area contributed by atoms with Gasteiger partial charge in [-0.05, 0) is 42.5 Å². The summed E-state index contributed by atoms with van der Waals surface area (Å²) in [5.41, 5.74) is 2.47. The minimum Gasteiger partial charge on any atom is -0.508 e. The van der Waals surface area contributed by atoms with Crippen LogP contribution in [0.1, 0.15) is 43.4 Å². The van der Waals surface area contributed by atoms with Gasteiger partial charge in [-0.1, -0.05) is 55.3 Å². The Morgan fingerprint density at radius 1 is 1.00 bits per heavy atom. The van der Waals surface area contributed by atoms with Gasteiger partial charge in [-0.25, -0.2) is 0 Å². The lowest BCUT2D eigenvalue weighted by atomic mass is 9.97. The van der Waals surface area contributed by atoms with E-state index in [1.54, 1.807) is 12.1 Å². The monoisotopic (exact) mass is 281 g/mol. The van der Waals surface area contributed by atoms with Gasteiger partial charge in [-0.2, -0.15) is 0 Å². The molecule has 21 heavy (non-hydrogen) atoms. The van der Waals surface area contributed by atoms with Gasteiger partial charge in [-0.15, -0.1) is 0 Å². The van der Waals surface area contributed by atoms with E-state index in [1.807, 2.05) is 18.2 Å². The first-order valence-corrected chi connectivity index (χ1v) is 7.82. The summed E-state index contributed by atoms with van der Waals surface area (Å²) in [6, 6.07) is 18.7. The van der Waals surface area contributed by atoms with E-state index in [1.165, 1.54) is 30.4 Å². The number of rotatable bonds is 6. The highest BCUT2D eigenvalue weighted by atomic mass is 16.3. The van der Waals surface area contributed by atoms with Crippen LogP contribution in [-0.4, -0.2) is 11.1 Å². The van der Waals surface area contributed by atoms with E-state index in [4.69, 9.17) is 0 Å². The van der Waals surface area contributed by atoms with Crippen LogP contribution >= 0.6 is 0 Å². The van der Waals surface area contributed by atoms with Crippen molar-refractivity contribution in [2.75, 3.05) is 0 Å². The Labute approximate surface area is 126 Å². The molecule has 2 nitrogen and oxygen atoms in total. The molecule has 2 unspecified atom stereocenters. The van der Waals surface area contributed by atoms with Gasteiger partial charge in [0.2, 0.25) is 0 Å². The lowest BCUT2D eigenvalue weighted by Crippen LogP contribution is -2.31. The smallest absolute Gasteiger partial charge is 0.115 e. The van der Waals surface area contributed by atoms with Crippen LogP contribution < -0.4 is 5.32 Å². The fourth-order valence-electron chi connectivity index (χ4n) is 2.90. The number of phenols is 1. The van der Waals surface area contributed by atoms with E-state index in [-0.39, 0.29) is 6.04 Å². The molecule has 2 N–H and O–H groups in total. The first-order valence-electron chi connectivity index (χ1n) is 7.82. The molecule has 1 saturated carbocycles. The Balaban J connectivity index is 1.81. The lowest BCUT2D eigenvalue weighted by molar-refractivity contribution is 0.451. The molecule has 1 aliphatic rings. The van der Waals surface area contributed by atoms with Crippen molar-refractivity contribution in [3.8, 4) is 5.75 Å². The molecule has 2 aromatic carbocycles. The van der Waals surface area contributed by atoms with Gasteiger partial charge in [-0.3, -0.25) is 0 Å². The molecular weight excluding hydrogens is 258 g/mol. The third kappa shape index (κ3) is 3.85. The Bertz CT molecular complexity index is 560. The van der Waals surface area contributed by atoms with Gasteiger partial charge in [0.05, 0.1) is 6.04 Å². The molecule has 0 bridgehead atoms. The van der Waals surface area contributed by atoms with Crippen molar-refractivity contribution in [1.29, 1.82) is 0 Å². The third-order valence-electron chi connectivity index (χ3n) is 4.19. The van der Waals surface area contributed by atoms with Crippen molar-refractivity contribution in [3.05, 3.63) is 65.7 Å². The Morgan fingerprint density at radius 2 is 1.62 bits per heavy atom. The van der Waals surface area contributed by atoms with Crippen LogP contribution in [0.25, 0.3) is 0 Å². The van der Waals surface area contributed by atoms with E-state index in [0.717, 1.165) is 5.92 Å². The summed E-state index contributed by atoms with van der Waals surface area (Å²) in [6.07, 6.45) is 4.03. The normalized spacial score (nSPS) is 17.4. The second-order valence-corrected chi connectivity index (χ2v) is 6.18. The van der Waals surface area contributed by atoms with E-state index >= 15 is 0 Å². The molecule has 0 saturated heterocycles. The van der Waals surface area contributed by atoms with Gasteiger partial charge in [0, 0.05) is 6.04 Å². The summed E-state index contributed by atoms with van der Waals surface area (Å²) < 4.78 is 0. The van der Waals surface area contributed by atoms with Gasteiger partial charge >= 0.3 is 0 Å². The summed E-state index contributed by atoms with van der Waals surface area (Å²) in [6.45, 7) is 2.27. The van der Waals surface area contributed by atoms with E-state index in [9.17, 15) is 5.11 Å². The van der Waals surface area contributed by atoms with Crippen LogP contribution in [-0.2, 0) is 0 Å². The number of benzene rings is 2. The molecule has 2 aromatic rings. The predicted octanol–water partition coefficient (Wildman–Crippen LogP) is 4.26. The minimum atomic E-state index is 0.181. The van der Waals surface area contributed by atoms with Crippen LogP contribution in [0.4, 0.5) is 0 Å². The Kier molecular flexibility index (Phi) is 4.26. The molecule has 0 amide bonds. The number of nitrogens with one attached hydrogen (secondary N) is 1. The largest absolute Gasteiger partial charge is 0.508 e. The van der Waals surface area contributed by atoms with Gasteiger partial charge in [0.15, 0.2) is 0 Å². The average Bonchev–Trinajstić information content (AvgIpc) is 3.31. The van der Waals surface area contributed by atoms with Crippen molar-refractivity contribution in [2.45, 2.75) is 38.3 Å². The zero-order chi connectivity index (χ0) is 14.7. The maximum Gasteiger partial charge on any atom is 0.115 e. The second kappa shape index (κ2) is 6.31. The standard InChI is InChI=1S/C19H23NO/c1-14(13-15-7-8-15)20-19(16-5-3-2-4-6-16)17-9-11-18(21)12-10-17/h2-6,9-12,14-15,19-21H,7-8,13H2,1H3. The molecule has 3 rings (SSSR count). The third-order valence-corrected chi connectivity index (χ3v) is 4.19. The topological polar surface area (TPSA) is 32.3 Å². The molecular formula is C19H23NO. The molecule has 0 heterocycles. The van der Waals surface area contributed by atoms with Gasteiger partial charge < -0.3 is 10.4 Å². The van der Waals surface area contributed by atoms with Crippen molar-refractivity contribution < 1.29 is 5.11 Å². The zero-order valence-electron chi connectivity index (χ0n) is 12.5. The highest BCUT2D eigenvalue weighted by Crippen LogP contribution is 2.34.